The summed E-state index contributed by atoms with van der Waals surface area (Å²) < 4.78 is 19.4. The molecule has 1 saturated heterocycles. The zero-order valence-electron chi connectivity index (χ0n) is 8.78. The van der Waals surface area contributed by atoms with Crippen molar-refractivity contribution in [3.63, 3.8) is 0 Å². The van der Waals surface area contributed by atoms with Crippen LogP contribution in [0.25, 0.3) is 0 Å². The van der Waals surface area contributed by atoms with Gasteiger partial charge in [-0.1, -0.05) is 0 Å². The van der Waals surface area contributed by atoms with Crippen molar-refractivity contribution in [1.29, 1.82) is 0 Å². The van der Waals surface area contributed by atoms with Gasteiger partial charge >= 0.3 is 17.7 Å². The van der Waals surface area contributed by atoms with Crippen molar-refractivity contribution in [3.8, 4) is 0 Å². The van der Waals surface area contributed by atoms with E-state index in [1.165, 1.54) is 0 Å². The van der Waals surface area contributed by atoms with Crippen LogP contribution in [0.1, 0.15) is 13.8 Å². The zero-order chi connectivity index (χ0) is 11.3. The molecule has 0 aromatic carbocycles. The second kappa shape index (κ2) is 5.09. The maximum atomic E-state index is 11.5. The number of ether oxygens (including phenoxy) is 4. The lowest BCUT2D eigenvalue weighted by atomic mass is 10.3. The van der Waals surface area contributed by atoms with Gasteiger partial charge in [0, 0.05) is 0 Å². The average Bonchev–Trinajstić information content (AvgIpc) is 2.68. The van der Waals surface area contributed by atoms with E-state index in [1.807, 2.05) is 0 Å². The molecule has 1 fully saturated rings. The van der Waals surface area contributed by atoms with Crippen LogP contribution in [-0.2, 0) is 28.5 Å². The molecule has 0 radical (unpaired) electrons. The molecule has 1 rings (SSSR count). The molecule has 0 aromatic heterocycles. The Morgan fingerprint density at radius 1 is 1.07 bits per heavy atom. The van der Waals surface area contributed by atoms with E-state index in [9.17, 15) is 9.59 Å². The van der Waals surface area contributed by atoms with Gasteiger partial charge in [-0.3, -0.25) is 0 Å². The number of rotatable bonds is 4. The molecule has 1 aliphatic rings. The maximum Gasteiger partial charge on any atom is 0.379 e. The first kappa shape index (κ1) is 11.9. The van der Waals surface area contributed by atoms with E-state index in [-0.39, 0.29) is 26.4 Å². The Morgan fingerprint density at radius 3 is 1.80 bits per heavy atom. The molecule has 0 amide bonds. The van der Waals surface area contributed by atoms with Crippen molar-refractivity contribution < 1.29 is 28.5 Å². The first-order valence-electron chi connectivity index (χ1n) is 4.79. The van der Waals surface area contributed by atoms with Crippen LogP contribution in [0.2, 0.25) is 0 Å². The molecular formula is C9H14O6. The predicted octanol–water partition coefficient (Wildman–Crippen LogP) is -0.144. The van der Waals surface area contributed by atoms with Gasteiger partial charge in [-0.05, 0) is 13.8 Å². The summed E-state index contributed by atoms with van der Waals surface area (Å²) in [5, 5.41) is 0. The Bertz CT molecular complexity index is 223. The summed E-state index contributed by atoms with van der Waals surface area (Å²) in [6, 6.07) is 0. The smallest absolute Gasteiger partial charge is 0.379 e. The molecule has 0 aromatic rings. The Kier molecular flexibility index (Phi) is 4.05. The fraction of sp³-hybridized carbons (Fsp3) is 0.778. The van der Waals surface area contributed by atoms with Crippen LogP contribution in [0.3, 0.4) is 0 Å². The molecule has 15 heavy (non-hydrogen) atoms. The SMILES string of the molecule is CCOC(=O)C1(C(=O)OCC)OCCO1. The first-order valence-corrected chi connectivity index (χ1v) is 4.79. The van der Waals surface area contributed by atoms with Gasteiger partial charge in [-0.15, -0.1) is 0 Å². The number of carbonyl (C=O) groups excluding carboxylic acids is 2. The average molecular weight is 218 g/mol. The van der Waals surface area contributed by atoms with Crippen molar-refractivity contribution in [3.05, 3.63) is 0 Å². The van der Waals surface area contributed by atoms with Crippen molar-refractivity contribution in [2.75, 3.05) is 26.4 Å². The molecular weight excluding hydrogens is 204 g/mol. The summed E-state index contributed by atoms with van der Waals surface area (Å²) in [4.78, 5) is 23.0. The number of hydrogen-bond acceptors (Lipinski definition) is 6. The lowest BCUT2D eigenvalue weighted by Gasteiger charge is -2.21. The molecule has 0 atom stereocenters. The zero-order valence-corrected chi connectivity index (χ0v) is 8.78. The Balaban J connectivity index is 2.78. The summed E-state index contributed by atoms with van der Waals surface area (Å²) >= 11 is 0. The molecule has 1 aliphatic heterocycles. The number of carbonyl (C=O) groups is 2. The van der Waals surface area contributed by atoms with Crippen LogP contribution in [0.4, 0.5) is 0 Å². The van der Waals surface area contributed by atoms with Crippen LogP contribution in [0.15, 0.2) is 0 Å². The molecule has 6 heteroatoms. The molecule has 0 spiro atoms. The minimum atomic E-state index is -2.01. The minimum absolute atomic E-state index is 0.146. The third kappa shape index (κ3) is 2.27. The van der Waals surface area contributed by atoms with Crippen LogP contribution in [-0.4, -0.2) is 44.2 Å². The van der Waals surface area contributed by atoms with E-state index in [0.717, 1.165) is 0 Å². The van der Waals surface area contributed by atoms with Gasteiger partial charge in [-0.25, -0.2) is 9.59 Å². The molecule has 0 saturated carbocycles. The van der Waals surface area contributed by atoms with E-state index in [1.54, 1.807) is 13.8 Å². The highest BCUT2D eigenvalue weighted by Gasteiger charge is 2.55. The summed E-state index contributed by atoms with van der Waals surface area (Å²) in [7, 11) is 0. The van der Waals surface area contributed by atoms with Gasteiger partial charge in [0.25, 0.3) is 0 Å². The fourth-order valence-electron chi connectivity index (χ4n) is 1.18. The van der Waals surface area contributed by atoms with Gasteiger partial charge in [0.1, 0.15) is 0 Å². The fourth-order valence-corrected chi connectivity index (χ4v) is 1.18. The Morgan fingerprint density at radius 2 is 1.47 bits per heavy atom. The number of esters is 2. The van der Waals surface area contributed by atoms with E-state index in [2.05, 4.69) is 0 Å². The van der Waals surface area contributed by atoms with Gasteiger partial charge in [0.05, 0.1) is 26.4 Å². The molecule has 0 aliphatic carbocycles. The van der Waals surface area contributed by atoms with Crippen molar-refractivity contribution >= 4 is 11.9 Å². The summed E-state index contributed by atoms with van der Waals surface area (Å²) in [6.07, 6.45) is 0. The lowest BCUT2D eigenvalue weighted by Crippen LogP contribution is -2.50. The highest BCUT2D eigenvalue weighted by atomic mass is 16.8. The second-order valence-corrected chi connectivity index (χ2v) is 2.75. The summed E-state index contributed by atoms with van der Waals surface area (Å²) in [6.45, 7) is 3.88. The van der Waals surface area contributed by atoms with Crippen LogP contribution >= 0.6 is 0 Å². The van der Waals surface area contributed by atoms with Crippen LogP contribution < -0.4 is 0 Å². The molecule has 0 bridgehead atoms. The molecule has 6 nitrogen and oxygen atoms in total. The third-order valence-corrected chi connectivity index (χ3v) is 1.78. The van der Waals surface area contributed by atoms with E-state index >= 15 is 0 Å². The topological polar surface area (TPSA) is 71.1 Å². The van der Waals surface area contributed by atoms with E-state index in [4.69, 9.17) is 18.9 Å². The highest BCUT2D eigenvalue weighted by Crippen LogP contribution is 2.23. The second-order valence-electron chi connectivity index (χ2n) is 2.75. The Labute approximate surface area is 87.4 Å². The third-order valence-electron chi connectivity index (χ3n) is 1.78. The predicted molar refractivity (Wildman–Crippen MR) is 47.9 cm³/mol. The highest BCUT2D eigenvalue weighted by molar-refractivity contribution is 6.02. The van der Waals surface area contributed by atoms with Gasteiger partial charge in [0.15, 0.2) is 0 Å². The molecule has 0 unspecified atom stereocenters. The van der Waals surface area contributed by atoms with Crippen LogP contribution in [0, 0.1) is 0 Å². The Hall–Kier alpha value is -1.14. The van der Waals surface area contributed by atoms with Gasteiger partial charge < -0.3 is 18.9 Å². The monoisotopic (exact) mass is 218 g/mol. The molecule has 86 valence electrons. The first-order chi connectivity index (χ1) is 7.17. The minimum Gasteiger partial charge on any atom is -0.462 e. The van der Waals surface area contributed by atoms with Crippen molar-refractivity contribution in [2.45, 2.75) is 19.6 Å². The van der Waals surface area contributed by atoms with Gasteiger partial charge in [-0.2, -0.15) is 0 Å². The van der Waals surface area contributed by atoms with Crippen molar-refractivity contribution in [1.82, 2.24) is 0 Å². The van der Waals surface area contributed by atoms with Crippen molar-refractivity contribution in [2.24, 2.45) is 0 Å². The lowest BCUT2D eigenvalue weighted by molar-refractivity contribution is -0.221. The van der Waals surface area contributed by atoms with Gasteiger partial charge in [0.2, 0.25) is 0 Å². The molecule has 1 heterocycles. The normalized spacial score (nSPS) is 18.5. The largest absolute Gasteiger partial charge is 0.462 e. The maximum absolute atomic E-state index is 11.5. The molecule has 0 N–H and O–H groups in total. The van der Waals surface area contributed by atoms with Crippen LogP contribution in [0.5, 0.6) is 0 Å². The van der Waals surface area contributed by atoms with E-state index in [0.29, 0.717) is 0 Å². The summed E-state index contributed by atoms with van der Waals surface area (Å²) in [5.74, 6) is -3.73. The number of hydrogen-bond donors (Lipinski definition) is 0. The van der Waals surface area contributed by atoms with E-state index < -0.39 is 17.7 Å². The summed E-state index contributed by atoms with van der Waals surface area (Å²) in [5.41, 5.74) is 0. The quantitative estimate of drug-likeness (QED) is 0.483. The standard InChI is InChI=1S/C9H14O6/c1-3-12-7(10)9(8(11)13-4-2)14-5-6-15-9/h3-6H2,1-2H3.